The summed E-state index contributed by atoms with van der Waals surface area (Å²) < 4.78 is 29.7. The number of amides is 2. The number of sulfonamides is 1. The summed E-state index contributed by atoms with van der Waals surface area (Å²) in [5.41, 5.74) is 3.21. The Balaban J connectivity index is 2.03. The zero-order valence-corrected chi connectivity index (χ0v) is 26.1. The fourth-order valence-electron chi connectivity index (χ4n) is 4.21. The summed E-state index contributed by atoms with van der Waals surface area (Å²) in [5.74, 6) is -0.478. The molecule has 3 aromatic carbocycles. The van der Waals surface area contributed by atoms with E-state index in [0.29, 0.717) is 18.7 Å². The molecule has 0 saturated carbocycles. The molecule has 0 radical (unpaired) electrons. The Morgan fingerprint density at radius 2 is 1.43 bits per heavy atom. The number of carbonyl (C=O) groups is 2. The van der Waals surface area contributed by atoms with E-state index in [1.54, 1.807) is 48.5 Å². The number of nitrogens with one attached hydrogen (secondary N) is 1. The highest BCUT2D eigenvalue weighted by molar-refractivity contribution is 9.10. The Morgan fingerprint density at radius 1 is 0.875 bits per heavy atom. The third kappa shape index (κ3) is 8.17. The summed E-state index contributed by atoms with van der Waals surface area (Å²) in [6.07, 6.45) is 0.379. The van der Waals surface area contributed by atoms with Crippen LogP contribution in [0.5, 0.6) is 0 Å². The first-order valence-electron chi connectivity index (χ1n) is 13.4. The highest BCUT2D eigenvalue weighted by atomic mass is 79.9. The van der Waals surface area contributed by atoms with Crippen LogP contribution in [0.15, 0.2) is 82.2 Å². The molecule has 0 saturated heterocycles. The van der Waals surface area contributed by atoms with Crippen molar-refractivity contribution >= 4 is 43.5 Å². The number of benzene rings is 3. The maximum Gasteiger partial charge on any atom is 0.264 e. The van der Waals surface area contributed by atoms with Crippen molar-refractivity contribution in [1.82, 2.24) is 10.2 Å². The predicted molar refractivity (Wildman–Crippen MR) is 164 cm³/mol. The molecule has 0 heterocycles. The van der Waals surface area contributed by atoms with Gasteiger partial charge >= 0.3 is 0 Å². The molecule has 214 valence electrons. The molecule has 3 rings (SSSR count). The van der Waals surface area contributed by atoms with E-state index < -0.39 is 28.5 Å². The van der Waals surface area contributed by atoms with Gasteiger partial charge in [-0.15, -0.1) is 0 Å². The van der Waals surface area contributed by atoms with Crippen LogP contribution in [0.3, 0.4) is 0 Å². The predicted octanol–water partition coefficient (Wildman–Crippen LogP) is 5.84. The molecule has 3 aromatic rings. The average Bonchev–Trinajstić information content (AvgIpc) is 2.92. The Kier molecular flexibility index (Phi) is 10.9. The minimum atomic E-state index is -4.09. The lowest BCUT2D eigenvalue weighted by atomic mass is 10.1. The maximum atomic E-state index is 14.1. The smallest absolute Gasteiger partial charge is 0.264 e. The minimum Gasteiger partial charge on any atom is -0.354 e. The number of nitrogens with zero attached hydrogens (tertiary/aromatic N) is 2. The van der Waals surface area contributed by atoms with Gasteiger partial charge in [0.2, 0.25) is 11.8 Å². The number of hydrogen-bond acceptors (Lipinski definition) is 4. The zero-order valence-electron chi connectivity index (χ0n) is 23.7. The largest absolute Gasteiger partial charge is 0.354 e. The zero-order chi connectivity index (χ0) is 29.4. The monoisotopic (exact) mass is 627 g/mol. The van der Waals surface area contributed by atoms with Crippen LogP contribution in [0.25, 0.3) is 0 Å². The molecule has 0 unspecified atom stereocenters. The number of anilines is 1. The Bertz CT molecular complexity index is 1390. The fraction of sp³-hybridized carbons (Fsp3) is 0.355. The van der Waals surface area contributed by atoms with E-state index in [0.717, 1.165) is 25.5 Å². The first kappa shape index (κ1) is 31.4. The molecule has 9 heteroatoms. The van der Waals surface area contributed by atoms with E-state index in [-0.39, 0.29) is 23.3 Å². The van der Waals surface area contributed by atoms with Crippen molar-refractivity contribution in [3.8, 4) is 0 Å². The highest BCUT2D eigenvalue weighted by Crippen LogP contribution is 2.26. The second-order valence-corrected chi connectivity index (χ2v) is 13.1. The standard InChI is InChI=1S/C31H38BrN3O4S/c1-6-29(31(37)33-19-22(2)3)34(20-25-11-7-23(4)8-12-25)30(36)21-35(27-15-13-26(32)14-16-27)40(38,39)28-17-9-24(5)10-18-28/h7-18,22,29H,6,19-21H2,1-5H3,(H,33,37)/t29-/m1/s1. The van der Waals surface area contributed by atoms with Crippen molar-refractivity contribution in [2.24, 2.45) is 5.92 Å². The number of carbonyl (C=O) groups excluding carboxylic acids is 2. The van der Waals surface area contributed by atoms with Gasteiger partial charge in [-0.1, -0.05) is 84.2 Å². The number of rotatable bonds is 12. The molecule has 40 heavy (non-hydrogen) atoms. The van der Waals surface area contributed by atoms with Crippen molar-refractivity contribution < 1.29 is 18.0 Å². The van der Waals surface area contributed by atoms with Gasteiger partial charge in [0.1, 0.15) is 12.6 Å². The van der Waals surface area contributed by atoms with Gasteiger partial charge in [0.05, 0.1) is 10.6 Å². The van der Waals surface area contributed by atoms with Gasteiger partial charge in [-0.2, -0.15) is 0 Å². The summed E-state index contributed by atoms with van der Waals surface area (Å²) in [6, 6.07) is 20.3. The topological polar surface area (TPSA) is 86.8 Å². The van der Waals surface area contributed by atoms with Gasteiger partial charge in [0.15, 0.2) is 0 Å². The molecule has 7 nitrogen and oxygen atoms in total. The second kappa shape index (κ2) is 13.9. The van der Waals surface area contributed by atoms with Crippen LogP contribution in [0.1, 0.15) is 43.9 Å². The summed E-state index contributed by atoms with van der Waals surface area (Å²) in [5, 5.41) is 2.95. The molecular formula is C31H38BrN3O4S. The van der Waals surface area contributed by atoms with Crippen molar-refractivity contribution in [3.05, 3.63) is 94.0 Å². The van der Waals surface area contributed by atoms with Gasteiger partial charge in [-0.25, -0.2) is 8.42 Å². The maximum absolute atomic E-state index is 14.1. The quantitative estimate of drug-likeness (QED) is 0.273. The normalized spacial score (nSPS) is 12.2. The molecule has 0 aliphatic heterocycles. The lowest BCUT2D eigenvalue weighted by Gasteiger charge is -2.33. The lowest BCUT2D eigenvalue weighted by Crippen LogP contribution is -2.52. The van der Waals surface area contributed by atoms with Crippen LogP contribution in [-0.2, 0) is 26.2 Å². The summed E-state index contributed by atoms with van der Waals surface area (Å²) in [4.78, 5) is 28.9. The van der Waals surface area contributed by atoms with Crippen LogP contribution in [0, 0.1) is 19.8 Å². The van der Waals surface area contributed by atoms with E-state index >= 15 is 0 Å². The van der Waals surface area contributed by atoms with Crippen LogP contribution in [-0.4, -0.2) is 44.3 Å². The number of halogens is 1. The molecule has 1 atom stereocenters. The molecule has 0 bridgehead atoms. The third-order valence-corrected chi connectivity index (χ3v) is 8.86. The van der Waals surface area contributed by atoms with Gasteiger partial charge in [-0.05, 0) is 68.1 Å². The van der Waals surface area contributed by atoms with Crippen molar-refractivity contribution in [2.75, 3.05) is 17.4 Å². The molecule has 1 N–H and O–H groups in total. The van der Waals surface area contributed by atoms with E-state index in [9.17, 15) is 18.0 Å². The van der Waals surface area contributed by atoms with Crippen LogP contribution < -0.4 is 9.62 Å². The minimum absolute atomic E-state index is 0.0839. The number of hydrogen-bond donors (Lipinski definition) is 1. The lowest BCUT2D eigenvalue weighted by molar-refractivity contribution is -0.140. The first-order chi connectivity index (χ1) is 18.9. The molecule has 0 spiro atoms. The SMILES string of the molecule is CC[C@H](C(=O)NCC(C)C)N(Cc1ccc(C)cc1)C(=O)CN(c1ccc(Br)cc1)S(=O)(=O)c1ccc(C)cc1. The molecule has 0 fully saturated rings. The van der Waals surface area contributed by atoms with E-state index in [2.05, 4.69) is 21.2 Å². The average molecular weight is 629 g/mol. The summed E-state index contributed by atoms with van der Waals surface area (Å²) in [6.45, 7) is 9.91. The highest BCUT2D eigenvalue weighted by Gasteiger charge is 2.33. The van der Waals surface area contributed by atoms with Gasteiger partial charge in [0, 0.05) is 17.6 Å². The van der Waals surface area contributed by atoms with Crippen molar-refractivity contribution in [1.29, 1.82) is 0 Å². The first-order valence-corrected chi connectivity index (χ1v) is 15.6. The van der Waals surface area contributed by atoms with Gasteiger partial charge in [0.25, 0.3) is 10.0 Å². The molecule has 0 aliphatic rings. The Hall–Kier alpha value is -3.17. The van der Waals surface area contributed by atoms with Crippen LogP contribution in [0.4, 0.5) is 5.69 Å². The summed E-state index contributed by atoms with van der Waals surface area (Å²) in [7, 11) is -4.09. The Labute approximate surface area is 246 Å². The molecule has 0 aliphatic carbocycles. The Morgan fingerprint density at radius 3 is 1.95 bits per heavy atom. The van der Waals surface area contributed by atoms with Gasteiger partial charge in [-0.3, -0.25) is 13.9 Å². The molecule has 2 amide bonds. The van der Waals surface area contributed by atoms with Crippen LogP contribution in [0.2, 0.25) is 0 Å². The van der Waals surface area contributed by atoms with Crippen LogP contribution >= 0.6 is 15.9 Å². The van der Waals surface area contributed by atoms with E-state index in [1.165, 1.54) is 4.90 Å². The summed E-state index contributed by atoms with van der Waals surface area (Å²) >= 11 is 3.40. The third-order valence-electron chi connectivity index (χ3n) is 6.55. The molecular weight excluding hydrogens is 590 g/mol. The number of aryl methyl sites for hydroxylation is 2. The second-order valence-electron chi connectivity index (χ2n) is 10.4. The van der Waals surface area contributed by atoms with Crippen molar-refractivity contribution in [2.45, 2.75) is 58.5 Å². The van der Waals surface area contributed by atoms with E-state index in [4.69, 9.17) is 0 Å². The van der Waals surface area contributed by atoms with Crippen molar-refractivity contribution in [3.63, 3.8) is 0 Å². The van der Waals surface area contributed by atoms with E-state index in [1.807, 2.05) is 58.9 Å². The fourth-order valence-corrected chi connectivity index (χ4v) is 5.88. The van der Waals surface area contributed by atoms with Gasteiger partial charge < -0.3 is 10.2 Å². The molecule has 0 aromatic heterocycles.